The highest BCUT2D eigenvalue weighted by molar-refractivity contribution is 6.40. The van der Waals surface area contributed by atoms with Gasteiger partial charge in [-0.15, -0.1) is 0 Å². The van der Waals surface area contributed by atoms with E-state index in [1.807, 2.05) is 0 Å². The van der Waals surface area contributed by atoms with Crippen LogP contribution in [-0.4, -0.2) is 32.9 Å². The van der Waals surface area contributed by atoms with Gasteiger partial charge in [0.1, 0.15) is 11.5 Å². The van der Waals surface area contributed by atoms with Gasteiger partial charge in [0.15, 0.2) is 5.78 Å². The zero-order chi connectivity index (χ0) is 12.5. The summed E-state index contributed by atoms with van der Waals surface area (Å²) in [6.07, 6.45) is 0. The second-order valence-corrected chi connectivity index (χ2v) is 3.08. The normalized spacial score (nSPS) is 9.81. The highest BCUT2D eigenvalue weighted by Gasteiger charge is 2.21. The molecule has 1 aromatic carbocycles. The van der Waals surface area contributed by atoms with Crippen LogP contribution in [0.4, 0.5) is 0 Å². The Bertz CT molecular complexity index is 488. The maximum atomic E-state index is 11.1. The SMILES string of the molecule is CC(=O)c1cc(C(=O)C(=O)O)c(O)cc1O. The Balaban J connectivity index is 3.41. The fourth-order valence-corrected chi connectivity index (χ4v) is 1.16. The van der Waals surface area contributed by atoms with E-state index in [-0.39, 0.29) is 5.56 Å². The maximum absolute atomic E-state index is 11.1. The molecule has 16 heavy (non-hydrogen) atoms. The number of rotatable bonds is 3. The molecule has 0 spiro atoms. The van der Waals surface area contributed by atoms with Crippen molar-refractivity contribution < 1.29 is 29.7 Å². The number of Topliss-reactive ketones (excluding diaryl/α,β-unsaturated/α-hetero) is 2. The number of benzene rings is 1. The van der Waals surface area contributed by atoms with Crippen LogP contribution in [0.2, 0.25) is 0 Å². The first-order valence-electron chi connectivity index (χ1n) is 4.19. The van der Waals surface area contributed by atoms with Gasteiger partial charge in [-0.1, -0.05) is 0 Å². The number of phenolic OH excluding ortho intramolecular Hbond substituents is 2. The molecule has 0 radical (unpaired) electrons. The quantitative estimate of drug-likeness (QED) is 0.511. The van der Waals surface area contributed by atoms with E-state index in [1.165, 1.54) is 0 Å². The first-order valence-corrected chi connectivity index (χ1v) is 4.19. The Hall–Kier alpha value is -2.37. The van der Waals surface area contributed by atoms with Crippen molar-refractivity contribution >= 4 is 17.5 Å². The number of hydrogen-bond acceptors (Lipinski definition) is 5. The molecule has 0 bridgehead atoms. The van der Waals surface area contributed by atoms with Crippen molar-refractivity contribution in [3.8, 4) is 11.5 Å². The number of aromatic hydroxyl groups is 2. The molecule has 0 heterocycles. The van der Waals surface area contributed by atoms with Crippen LogP contribution in [0.15, 0.2) is 12.1 Å². The Morgan fingerprint density at radius 2 is 1.50 bits per heavy atom. The summed E-state index contributed by atoms with van der Waals surface area (Å²) in [4.78, 5) is 32.5. The van der Waals surface area contributed by atoms with Gasteiger partial charge in [0.05, 0.1) is 11.1 Å². The Kier molecular flexibility index (Phi) is 2.94. The summed E-state index contributed by atoms with van der Waals surface area (Å²) in [7, 11) is 0. The minimum absolute atomic E-state index is 0.220. The molecule has 3 N–H and O–H groups in total. The lowest BCUT2D eigenvalue weighted by atomic mass is 10.0. The number of aliphatic carboxylic acids is 1. The number of carbonyl (C=O) groups excluding carboxylic acids is 2. The number of ketones is 2. The molecule has 0 aliphatic heterocycles. The fraction of sp³-hybridized carbons (Fsp3) is 0.100. The number of carboxylic acid groups (broad SMARTS) is 1. The molecule has 0 aliphatic carbocycles. The van der Waals surface area contributed by atoms with Gasteiger partial charge in [-0.3, -0.25) is 9.59 Å². The third-order valence-electron chi connectivity index (χ3n) is 1.93. The summed E-state index contributed by atoms with van der Waals surface area (Å²) >= 11 is 0. The topological polar surface area (TPSA) is 112 Å². The largest absolute Gasteiger partial charge is 0.507 e. The number of hydrogen-bond donors (Lipinski definition) is 3. The first kappa shape index (κ1) is 11.7. The molecule has 6 heteroatoms. The van der Waals surface area contributed by atoms with Crippen LogP contribution in [0.25, 0.3) is 0 Å². The van der Waals surface area contributed by atoms with Gasteiger partial charge in [0.25, 0.3) is 5.78 Å². The molecule has 0 unspecified atom stereocenters. The van der Waals surface area contributed by atoms with E-state index in [0.29, 0.717) is 0 Å². The second-order valence-electron chi connectivity index (χ2n) is 3.08. The van der Waals surface area contributed by atoms with Crippen molar-refractivity contribution in [2.45, 2.75) is 6.92 Å². The summed E-state index contributed by atoms with van der Waals surface area (Å²) in [6.45, 7) is 1.14. The fourth-order valence-electron chi connectivity index (χ4n) is 1.16. The average molecular weight is 224 g/mol. The Morgan fingerprint density at radius 3 is 1.94 bits per heavy atom. The minimum Gasteiger partial charge on any atom is -0.507 e. The number of carbonyl (C=O) groups is 3. The predicted octanol–water partition coefficient (Wildman–Crippen LogP) is 0.568. The summed E-state index contributed by atoms with van der Waals surface area (Å²) in [5.74, 6) is -4.84. The molecule has 0 saturated heterocycles. The van der Waals surface area contributed by atoms with Crippen molar-refractivity contribution in [3.63, 3.8) is 0 Å². The minimum atomic E-state index is -1.75. The van der Waals surface area contributed by atoms with Gasteiger partial charge in [0, 0.05) is 6.07 Å². The number of carboxylic acids is 1. The van der Waals surface area contributed by atoms with E-state index >= 15 is 0 Å². The van der Waals surface area contributed by atoms with Gasteiger partial charge < -0.3 is 15.3 Å². The molecule has 0 amide bonds. The van der Waals surface area contributed by atoms with E-state index in [1.54, 1.807) is 0 Å². The molecule has 1 aromatic rings. The van der Waals surface area contributed by atoms with Crippen LogP contribution < -0.4 is 0 Å². The van der Waals surface area contributed by atoms with Gasteiger partial charge in [-0.2, -0.15) is 0 Å². The highest BCUT2D eigenvalue weighted by atomic mass is 16.4. The lowest BCUT2D eigenvalue weighted by molar-refractivity contribution is -0.131. The third kappa shape index (κ3) is 2.00. The Morgan fingerprint density at radius 1 is 1.00 bits per heavy atom. The summed E-state index contributed by atoms with van der Waals surface area (Å²) in [5, 5.41) is 27.0. The van der Waals surface area contributed by atoms with Gasteiger partial charge in [-0.25, -0.2) is 4.79 Å². The van der Waals surface area contributed by atoms with Gasteiger partial charge in [-0.05, 0) is 13.0 Å². The average Bonchev–Trinajstić information content (AvgIpc) is 2.16. The van der Waals surface area contributed by atoms with Crippen LogP contribution in [0.5, 0.6) is 11.5 Å². The van der Waals surface area contributed by atoms with E-state index < -0.39 is 34.6 Å². The number of phenols is 2. The van der Waals surface area contributed by atoms with Crippen molar-refractivity contribution in [1.29, 1.82) is 0 Å². The lowest BCUT2D eigenvalue weighted by Gasteiger charge is -2.05. The monoisotopic (exact) mass is 224 g/mol. The molecule has 0 fully saturated rings. The van der Waals surface area contributed by atoms with Crippen molar-refractivity contribution in [2.75, 3.05) is 0 Å². The third-order valence-corrected chi connectivity index (χ3v) is 1.93. The van der Waals surface area contributed by atoms with Gasteiger partial charge in [0.2, 0.25) is 0 Å². The molecular weight excluding hydrogens is 216 g/mol. The molecule has 0 atom stereocenters. The van der Waals surface area contributed by atoms with E-state index in [2.05, 4.69) is 0 Å². The lowest BCUT2D eigenvalue weighted by Crippen LogP contribution is -2.13. The molecule has 84 valence electrons. The standard InChI is InChI=1S/C10H8O6/c1-4(11)5-2-6(9(14)10(15)16)8(13)3-7(5)12/h2-3,12-13H,1H3,(H,15,16). The molecule has 0 aliphatic rings. The second kappa shape index (κ2) is 4.01. The maximum Gasteiger partial charge on any atom is 0.377 e. The van der Waals surface area contributed by atoms with Crippen LogP contribution >= 0.6 is 0 Å². The zero-order valence-electron chi connectivity index (χ0n) is 8.22. The molecule has 0 saturated carbocycles. The molecule has 1 rings (SSSR count). The van der Waals surface area contributed by atoms with Crippen molar-refractivity contribution in [3.05, 3.63) is 23.3 Å². The van der Waals surface area contributed by atoms with Crippen LogP contribution in [-0.2, 0) is 4.79 Å². The molecule has 6 nitrogen and oxygen atoms in total. The van der Waals surface area contributed by atoms with Crippen LogP contribution in [0.3, 0.4) is 0 Å². The van der Waals surface area contributed by atoms with Gasteiger partial charge >= 0.3 is 5.97 Å². The molecule has 0 aromatic heterocycles. The first-order chi connectivity index (χ1) is 7.34. The van der Waals surface area contributed by atoms with E-state index in [0.717, 1.165) is 19.1 Å². The summed E-state index contributed by atoms with van der Waals surface area (Å²) < 4.78 is 0. The smallest absolute Gasteiger partial charge is 0.377 e. The van der Waals surface area contributed by atoms with E-state index in [4.69, 9.17) is 5.11 Å². The summed E-state index contributed by atoms with van der Waals surface area (Å²) in [6, 6.07) is 1.61. The molecular formula is C10H8O6. The Labute approximate surface area is 89.8 Å². The van der Waals surface area contributed by atoms with Crippen molar-refractivity contribution in [2.24, 2.45) is 0 Å². The zero-order valence-corrected chi connectivity index (χ0v) is 8.22. The van der Waals surface area contributed by atoms with E-state index in [9.17, 15) is 24.6 Å². The van der Waals surface area contributed by atoms with Crippen LogP contribution in [0, 0.1) is 0 Å². The van der Waals surface area contributed by atoms with Crippen LogP contribution in [0.1, 0.15) is 27.6 Å². The highest BCUT2D eigenvalue weighted by Crippen LogP contribution is 2.28. The predicted molar refractivity (Wildman–Crippen MR) is 51.7 cm³/mol. The summed E-state index contributed by atoms with van der Waals surface area (Å²) in [5.41, 5.74) is -0.752. The van der Waals surface area contributed by atoms with Crippen molar-refractivity contribution in [1.82, 2.24) is 0 Å².